The molecule has 2 aromatic carbocycles. The van der Waals surface area contributed by atoms with Crippen molar-refractivity contribution in [1.82, 2.24) is 4.90 Å². The van der Waals surface area contributed by atoms with E-state index in [0.29, 0.717) is 47.8 Å². The van der Waals surface area contributed by atoms with E-state index < -0.39 is 0 Å². The van der Waals surface area contributed by atoms with Crippen LogP contribution in [0.5, 0.6) is 5.75 Å². The van der Waals surface area contributed by atoms with Gasteiger partial charge in [0.2, 0.25) is 5.91 Å². The average molecular weight is 407 g/mol. The maximum atomic E-state index is 13.1. The van der Waals surface area contributed by atoms with Crippen LogP contribution in [0.15, 0.2) is 54.2 Å². The van der Waals surface area contributed by atoms with Crippen molar-refractivity contribution in [2.24, 2.45) is 0 Å². The number of nitrogens with zero attached hydrogens (tertiary/aromatic N) is 1. The van der Waals surface area contributed by atoms with E-state index in [1.807, 2.05) is 32.0 Å². The van der Waals surface area contributed by atoms with Crippen molar-refractivity contribution < 1.29 is 19.1 Å². The molecule has 0 saturated carbocycles. The van der Waals surface area contributed by atoms with Gasteiger partial charge in [-0.25, -0.2) is 0 Å². The topological polar surface area (TPSA) is 87.7 Å². The van der Waals surface area contributed by atoms with Gasteiger partial charge in [0.15, 0.2) is 0 Å². The van der Waals surface area contributed by atoms with Crippen LogP contribution in [-0.4, -0.2) is 35.8 Å². The Kier molecular flexibility index (Phi) is 6.51. The quantitative estimate of drug-likeness (QED) is 0.652. The predicted molar refractivity (Wildman–Crippen MR) is 116 cm³/mol. The smallest absolute Gasteiger partial charge is 0.278 e. The Morgan fingerprint density at radius 1 is 1.00 bits per heavy atom. The van der Waals surface area contributed by atoms with Gasteiger partial charge in [-0.1, -0.05) is 25.1 Å². The van der Waals surface area contributed by atoms with Gasteiger partial charge >= 0.3 is 0 Å². The van der Waals surface area contributed by atoms with Crippen LogP contribution in [0.2, 0.25) is 0 Å². The third-order valence-electron chi connectivity index (χ3n) is 4.52. The van der Waals surface area contributed by atoms with Crippen LogP contribution >= 0.6 is 0 Å². The molecule has 0 aliphatic carbocycles. The Hall–Kier alpha value is -3.61. The maximum Gasteiger partial charge on any atom is 0.278 e. The number of imide groups is 1. The third-order valence-corrected chi connectivity index (χ3v) is 4.52. The van der Waals surface area contributed by atoms with E-state index >= 15 is 0 Å². The van der Waals surface area contributed by atoms with Crippen LogP contribution in [0.25, 0.3) is 5.57 Å². The second kappa shape index (κ2) is 9.26. The molecule has 0 atom stereocenters. The van der Waals surface area contributed by atoms with E-state index in [9.17, 15) is 14.4 Å². The number of rotatable bonds is 8. The van der Waals surface area contributed by atoms with Gasteiger partial charge in [0.1, 0.15) is 11.4 Å². The van der Waals surface area contributed by atoms with Gasteiger partial charge in [-0.15, -0.1) is 0 Å². The Morgan fingerprint density at radius 2 is 1.73 bits per heavy atom. The number of carbonyl (C=O) groups is 3. The van der Waals surface area contributed by atoms with Gasteiger partial charge < -0.3 is 15.4 Å². The lowest BCUT2D eigenvalue weighted by atomic mass is 10.0. The fraction of sp³-hybridized carbons (Fsp3) is 0.261. The first-order chi connectivity index (χ1) is 14.4. The molecule has 0 fully saturated rings. The standard InChI is InChI=1S/C23H25N3O4/c1-4-13-26-22(28)20(16-9-11-17(12-10-16)24-15(3)27)21(23(26)29)25-18-7-6-8-19(14-18)30-5-2/h6-12,14,25H,4-5,13H2,1-3H3,(H,24,27). The van der Waals surface area contributed by atoms with Crippen molar-refractivity contribution in [3.63, 3.8) is 0 Å². The lowest BCUT2D eigenvalue weighted by molar-refractivity contribution is -0.136. The molecule has 0 spiro atoms. The van der Waals surface area contributed by atoms with Crippen molar-refractivity contribution in [1.29, 1.82) is 0 Å². The van der Waals surface area contributed by atoms with Gasteiger partial charge in [-0.3, -0.25) is 19.3 Å². The fourth-order valence-corrected chi connectivity index (χ4v) is 3.28. The van der Waals surface area contributed by atoms with Gasteiger partial charge in [0, 0.05) is 30.9 Å². The molecule has 0 unspecified atom stereocenters. The number of ether oxygens (including phenoxy) is 1. The molecule has 156 valence electrons. The summed E-state index contributed by atoms with van der Waals surface area (Å²) in [7, 11) is 0. The zero-order valence-corrected chi connectivity index (χ0v) is 17.3. The molecule has 2 N–H and O–H groups in total. The zero-order chi connectivity index (χ0) is 21.7. The second-order valence-electron chi connectivity index (χ2n) is 6.86. The Morgan fingerprint density at radius 3 is 2.37 bits per heavy atom. The summed E-state index contributed by atoms with van der Waals surface area (Å²) in [6.45, 7) is 6.11. The summed E-state index contributed by atoms with van der Waals surface area (Å²) in [5.74, 6) is -0.201. The normalized spacial score (nSPS) is 13.6. The van der Waals surface area contributed by atoms with Crippen LogP contribution in [0.4, 0.5) is 11.4 Å². The summed E-state index contributed by atoms with van der Waals surface area (Å²) >= 11 is 0. The van der Waals surface area contributed by atoms with Gasteiger partial charge in [0.25, 0.3) is 11.8 Å². The van der Waals surface area contributed by atoms with Gasteiger partial charge in [-0.05, 0) is 43.2 Å². The van der Waals surface area contributed by atoms with Gasteiger partial charge in [0.05, 0.1) is 12.2 Å². The zero-order valence-electron chi connectivity index (χ0n) is 17.3. The van der Waals surface area contributed by atoms with Crippen LogP contribution in [0.1, 0.15) is 32.8 Å². The van der Waals surface area contributed by atoms with Crippen LogP contribution in [0.3, 0.4) is 0 Å². The minimum absolute atomic E-state index is 0.181. The highest BCUT2D eigenvalue weighted by Gasteiger charge is 2.38. The van der Waals surface area contributed by atoms with E-state index in [1.54, 1.807) is 30.3 Å². The molecule has 0 saturated heterocycles. The van der Waals surface area contributed by atoms with Crippen molar-refractivity contribution >= 4 is 34.7 Å². The molecule has 0 aromatic heterocycles. The molecule has 3 rings (SSSR count). The molecule has 30 heavy (non-hydrogen) atoms. The highest BCUT2D eigenvalue weighted by molar-refractivity contribution is 6.36. The predicted octanol–water partition coefficient (Wildman–Crippen LogP) is 3.65. The summed E-state index contributed by atoms with van der Waals surface area (Å²) < 4.78 is 5.52. The monoisotopic (exact) mass is 407 g/mol. The summed E-state index contributed by atoms with van der Waals surface area (Å²) in [6, 6.07) is 14.1. The number of anilines is 2. The number of hydrogen-bond acceptors (Lipinski definition) is 5. The largest absolute Gasteiger partial charge is 0.494 e. The van der Waals surface area contributed by atoms with E-state index in [-0.39, 0.29) is 23.4 Å². The first kappa shape index (κ1) is 21.1. The Bertz CT molecular complexity index is 996. The van der Waals surface area contributed by atoms with Crippen molar-refractivity contribution in [3.05, 3.63) is 59.8 Å². The third kappa shape index (κ3) is 4.51. The molecule has 0 radical (unpaired) electrons. The summed E-state index contributed by atoms with van der Waals surface area (Å²) in [4.78, 5) is 38.6. The number of hydrogen-bond donors (Lipinski definition) is 2. The maximum absolute atomic E-state index is 13.1. The lowest BCUT2D eigenvalue weighted by Crippen LogP contribution is -2.33. The molecule has 1 aliphatic rings. The highest BCUT2D eigenvalue weighted by atomic mass is 16.5. The summed E-state index contributed by atoms with van der Waals surface area (Å²) in [6.07, 6.45) is 0.666. The first-order valence-electron chi connectivity index (χ1n) is 9.93. The Labute approximate surface area is 175 Å². The molecular formula is C23H25N3O4. The molecular weight excluding hydrogens is 382 g/mol. The van der Waals surface area contributed by atoms with E-state index in [4.69, 9.17) is 4.74 Å². The number of benzene rings is 2. The number of nitrogens with one attached hydrogen (secondary N) is 2. The van der Waals surface area contributed by atoms with E-state index in [1.165, 1.54) is 11.8 Å². The minimum Gasteiger partial charge on any atom is -0.494 e. The molecule has 0 bridgehead atoms. The van der Waals surface area contributed by atoms with E-state index in [2.05, 4.69) is 10.6 Å². The molecule has 7 nitrogen and oxygen atoms in total. The highest BCUT2D eigenvalue weighted by Crippen LogP contribution is 2.32. The van der Waals surface area contributed by atoms with Crippen molar-refractivity contribution in [3.8, 4) is 5.75 Å². The molecule has 2 aromatic rings. The first-order valence-corrected chi connectivity index (χ1v) is 9.93. The lowest BCUT2D eigenvalue weighted by Gasteiger charge is -2.14. The average Bonchev–Trinajstić information content (AvgIpc) is 2.93. The molecule has 1 heterocycles. The Balaban J connectivity index is 2.00. The van der Waals surface area contributed by atoms with Crippen molar-refractivity contribution in [2.45, 2.75) is 27.2 Å². The SMILES string of the molecule is CCCN1C(=O)C(Nc2cccc(OCC)c2)=C(c2ccc(NC(C)=O)cc2)C1=O. The second-order valence-corrected chi connectivity index (χ2v) is 6.86. The van der Waals surface area contributed by atoms with Crippen LogP contribution < -0.4 is 15.4 Å². The van der Waals surface area contributed by atoms with Crippen molar-refractivity contribution in [2.75, 3.05) is 23.8 Å². The molecule has 7 heteroatoms. The van der Waals surface area contributed by atoms with Crippen LogP contribution in [-0.2, 0) is 14.4 Å². The number of amides is 3. The number of carbonyl (C=O) groups excluding carboxylic acids is 3. The van der Waals surface area contributed by atoms with Crippen LogP contribution in [0, 0.1) is 0 Å². The summed E-state index contributed by atoms with van der Waals surface area (Å²) in [5, 5.41) is 5.82. The molecule has 1 aliphatic heterocycles. The fourth-order valence-electron chi connectivity index (χ4n) is 3.28. The minimum atomic E-state index is -0.357. The summed E-state index contributed by atoms with van der Waals surface area (Å²) in [5.41, 5.74) is 2.42. The van der Waals surface area contributed by atoms with E-state index in [0.717, 1.165) is 0 Å². The van der Waals surface area contributed by atoms with Gasteiger partial charge in [-0.2, -0.15) is 0 Å². The molecule has 3 amide bonds.